The molecule has 1 N–H and O–H groups in total. The van der Waals surface area contributed by atoms with Crippen molar-refractivity contribution in [3.8, 4) is 0 Å². The van der Waals surface area contributed by atoms with Crippen LogP contribution in [-0.2, 0) is 6.54 Å². The highest BCUT2D eigenvalue weighted by Gasteiger charge is 2.15. The van der Waals surface area contributed by atoms with Crippen LogP contribution < -0.4 is 10.5 Å². The Hall–Kier alpha value is -2.15. The molecule has 1 saturated heterocycles. The van der Waals surface area contributed by atoms with Crippen molar-refractivity contribution in [2.75, 3.05) is 18.0 Å². The highest BCUT2D eigenvalue weighted by Crippen LogP contribution is 2.19. The smallest absolute Gasteiger partial charge is 0.346 e. The zero-order chi connectivity index (χ0) is 14.8. The minimum Gasteiger partial charge on any atom is -0.477 e. The van der Waals surface area contributed by atoms with Crippen molar-refractivity contribution >= 4 is 23.0 Å². The minimum atomic E-state index is -0.971. The molecule has 0 aliphatic carbocycles. The highest BCUT2D eigenvalue weighted by atomic mass is 32.1. The van der Waals surface area contributed by atoms with Gasteiger partial charge >= 0.3 is 5.97 Å². The van der Waals surface area contributed by atoms with Gasteiger partial charge in [-0.1, -0.05) is 0 Å². The quantitative estimate of drug-likeness (QED) is 0.929. The zero-order valence-corrected chi connectivity index (χ0v) is 12.2. The van der Waals surface area contributed by atoms with Crippen molar-refractivity contribution in [1.82, 2.24) is 9.78 Å². The molecule has 0 unspecified atom stereocenters. The fraction of sp³-hybridized carbons (Fsp3) is 0.357. The molecule has 0 bridgehead atoms. The summed E-state index contributed by atoms with van der Waals surface area (Å²) in [6, 6.07) is 3.29. The fourth-order valence-electron chi connectivity index (χ4n) is 2.50. The number of rotatable bonds is 4. The number of hydrogen-bond donors (Lipinski definition) is 1. The molecule has 3 heterocycles. The van der Waals surface area contributed by atoms with Crippen molar-refractivity contribution in [2.24, 2.45) is 0 Å². The molecule has 2 aromatic heterocycles. The number of carboxylic acids is 1. The zero-order valence-electron chi connectivity index (χ0n) is 11.4. The molecule has 6 nitrogen and oxygen atoms in total. The van der Waals surface area contributed by atoms with Crippen LogP contribution in [0.5, 0.6) is 0 Å². The van der Waals surface area contributed by atoms with E-state index in [1.807, 2.05) is 0 Å². The van der Waals surface area contributed by atoms with Crippen LogP contribution in [0.15, 0.2) is 28.5 Å². The normalized spacial score (nSPS) is 14.6. The number of carbonyl (C=O) groups is 1. The maximum atomic E-state index is 12.1. The second kappa shape index (κ2) is 5.69. The molecule has 3 rings (SSSR count). The summed E-state index contributed by atoms with van der Waals surface area (Å²) in [5, 5.41) is 15.0. The number of hydrogen-bond acceptors (Lipinski definition) is 5. The van der Waals surface area contributed by atoms with Crippen LogP contribution in [0.4, 0.5) is 5.69 Å². The van der Waals surface area contributed by atoms with Crippen molar-refractivity contribution in [1.29, 1.82) is 0 Å². The summed E-state index contributed by atoms with van der Waals surface area (Å²) >= 11 is 1.16. The standard InChI is InChI=1S/C14H15N3O3S/c18-12-7-11(16-4-1-2-5-16)8-15-17(12)9-10-3-6-21-13(10)14(19)20/h3,6-8H,1-2,4-5,9H2,(H,19,20). The largest absolute Gasteiger partial charge is 0.477 e. The van der Waals surface area contributed by atoms with Gasteiger partial charge in [0.25, 0.3) is 5.56 Å². The lowest BCUT2D eigenvalue weighted by Crippen LogP contribution is -2.26. The number of nitrogens with zero attached hydrogens (tertiary/aromatic N) is 3. The number of aromatic carboxylic acids is 1. The molecule has 0 amide bonds. The third-order valence-corrected chi connectivity index (χ3v) is 4.53. The first-order chi connectivity index (χ1) is 10.1. The van der Waals surface area contributed by atoms with Gasteiger partial charge in [-0.2, -0.15) is 5.10 Å². The summed E-state index contributed by atoms with van der Waals surface area (Å²) in [4.78, 5) is 25.6. The molecular weight excluding hydrogens is 290 g/mol. The molecule has 0 saturated carbocycles. The molecule has 2 aromatic rings. The summed E-state index contributed by atoms with van der Waals surface area (Å²) < 4.78 is 1.30. The summed E-state index contributed by atoms with van der Waals surface area (Å²) in [5.41, 5.74) is 1.25. The van der Waals surface area contributed by atoms with Crippen molar-refractivity contribution in [2.45, 2.75) is 19.4 Å². The van der Waals surface area contributed by atoms with Crippen LogP contribution in [0, 0.1) is 0 Å². The van der Waals surface area contributed by atoms with Crippen molar-refractivity contribution < 1.29 is 9.90 Å². The van der Waals surface area contributed by atoms with Gasteiger partial charge in [-0.25, -0.2) is 9.48 Å². The van der Waals surface area contributed by atoms with Crippen LogP contribution in [0.2, 0.25) is 0 Å². The number of thiophene rings is 1. The lowest BCUT2D eigenvalue weighted by atomic mass is 10.2. The van der Waals surface area contributed by atoms with Crippen LogP contribution in [-0.4, -0.2) is 33.9 Å². The molecule has 110 valence electrons. The van der Waals surface area contributed by atoms with Gasteiger partial charge in [0.2, 0.25) is 0 Å². The predicted molar refractivity (Wildman–Crippen MR) is 80.3 cm³/mol. The molecule has 0 spiro atoms. The van der Waals surface area contributed by atoms with E-state index in [2.05, 4.69) is 10.00 Å². The Bertz CT molecular complexity index is 716. The van der Waals surface area contributed by atoms with E-state index in [1.165, 1.54) is 4.68 Å². The van der Waals surface area contributed by atoms with Crippen molar-refractivity contribution in [3.05, 3.63) is 44.5 Å². The average molecular weight is 305 g/mol. The van der Waals surface area contributed by atoms with E-state index >= 15 is 0 Å². The van der Waals surface area contributed by atoms with Gasteiger partial charge in [0.1, 0.15) is 4.88 Å². The Labute approximate surface area is 125 Å². The van der Waals surface area contributed by atoms with Crippen molar-refractivity contribution in [3.63, 3.8) is 0 Å². The van der Waals surface area contributed by atoms with Gasteiger partial charge < -0.3 is 10.0 Å². The first-order valence-electron chi connectivity index (χ1n) is 6.77. The lowest BCUT2D eigenvalue weighted by molar-refractivity contribution is 0.0701. The predicted octanol–water partition coefficient (Wildman–Crippen LogP) is 1.65. The van der Waals surface area contributed by atoms with Crippen LogP contribution >= 0.6 is 11.3 Å². The maximum absolute atomic E-state index is 12.1. The average Bonchev–Trinajstić information content (AvgIpc) is 3.11. The van der Waals surface area contributed by atoms with Gasteiger partial charge in [-0.15, -0.1) is 11.3 Å². The SMILES string of the molecule is O=C(O)c1sccc1Cn1ncc(N2CCCC2)cc1=O. The van der Waals surface area contributed by atoms with Gasteiger partial charge in [0.05, 0.1) is 18.4 Å². The van der Waals surface area contributed by atoms with E-state index in [9.17, 15) is 9.59 Å². The first-order valence-corrected chi connectivity index (χ1v) is 7.65. The third-order valence-electron chi connectivity index (χ3n) is 3.59. The summed E-state index contributed by atoms with van der Waals surface area (Å²) in [7, 11) is 0. The van der Waals surface area contributed by atoms with E-state index < -0.39 is 5.97 Å². The van der Waals surface area contributed by atoms with Crippen LogP contribution in [0.3, 0.4) is 0 Å². The van der Waals surface area contributed by atoms with E-state index in [0.29, 0.717) is 5.56 Å². The highest BCUT2D eigenvalue weighted by molar-refractivity contribution is 7.12. The molecule has 1 aliphatic heterocycles. The summed E-state index contributed by atoms with van der Waals surface area (Å²) in [5.74, 6) is -0.971. The Morgan fingerprint density at radius 1 is 1.38 bits per heavy atom. The molecule has 0 radical (unpaired) electrons. The molecule has 7 heteroatoms. The fourth-order valence-corrected chi connectivity index (χ4v) is 3.25. The monoisotopic (exact) mass is 305 g/mol. The molecule has 0 atom stereocenters. The second-order valence-corrected chi connectivity index (χ2v) is 5.90. The summed E-state index contributed by atoms with van der Waals surface area (Å²) in [6.45, 7) is 2.10. The molecular formula is C14H15N3O3S. The Morgan fingerprint density at radius 2 is 2.14 bits per heavy atom. The Kier molecular flexibility index (Phi) is 3.74. The molecule has 0 aromatic carbocycles. The molecule has 21 heavy (non-hydrogen) atoms. The first kappa shape index (κ1) is 13.8. The number of carboxylic acid groups (broad SMARTS) is 1. The van der Waals surface area contributed by atoms with E-state index in [-0.39, 0.29) is 17.0 Å². The van der Waals surface area contributed by atoms with E-state index in [4.69, 9.17) is 5.11 Å². The minimum absolute atomic E-state index is 0.185. The van der Waals surface area contributed by atoms with E-state index in [0.717, 1.165) is 43.0 Å². The maximum Gasteiger partial charge on any atom is 0.346 e. The summed E-state index contributed by atoms with van der Waals surface area (Å²) in [6.07, 6.45) is 3.96. The lowest BCUT2D eigenvalue weighted by Gasteiger charge is -2.17. The third kappa shape index (κ3) is 2.82. The topological polar surface area (TPSA) is 75.4 Å². The number of anilines is 1. The molecule has 1 aliphatic rings. The Balaban J connectivity index is 1.84. The van der Waals surface area contributed by atoms with Gasteiger partial charge in [0, 0.05) is 19.2 Å². The van der Waals surface area contributed by atoms with E-state index in [1.54, 1.807) is 23.7 Å². The second-order valence-electron chi connectivity index (χ2n) is 4.98. The van der Waals surface area contributed by atoms with Gasteiger partial charge in [-0.3, -0.25) is 4.79 Å². The Morgan fingerprint density at radius 3 is 2.81 bits per heavy atom. The van der Waals surface area contributed by atoms with Gasteiger partial charge in [-0.05, 0) is 29.9 Å². The van der Waals surface area contributed by atoms with Gasteiger partial charge in [0.15, 0.2) is 0 Å². The molecule has 1 fully saturated rings. The number of aromatic nitrogens is 2. The van der Waals surface area contributed by atoms with Crippen LogP contribution in [0.1, 0.15) is 28.1 Å². The van der Waals surface area contributed by atoms with Crippen LogP contribution in [0.25, 0.3) is 0 Å².